The van der Waals surface area contributed by atoms with Crippen molar-refractivity contribution < 1.29 is 18.9 Å². The first kappa shape index (κ1) is 22.1. The van der Waals surface area contributed by atoms with E-state index in [4.69, 9.17) is 18.9 Å². The monoisotopic (exact) mass is 471 g/mol. The molecule has 0 aliphatic heterocycles. The summed E-state index contributed by atoms with van der Waals surface area (Å²) < 4.78 is 26.0. The standard InChI is InChI=1S/C28H26NO4P/c1-30-23-15-9-16-24(31-2)27(23)34(28-25(32-3)17-10-18-26(28)33-4)29-21-13-7-5-11-19(21)20-12-6-8-14-22(20)29/h5-18H,1-4H3. The number of hydrogen-bond donors (Lipinski definition) is 0. The lowest BCUT2D eigenvalue weighted by Crippen LogP contribution is -2.23. The number of hydrogen-bond acceptors (Lipinski definition) is 4. The Morgan fingerprint density at radius 3 is 1.18 bits per heavy atom. The summed E-state index contributed by atoms with van der Waals surface area (Å²) in [6, 6.07) is 28.7. The lowest BCUT2D eigenvalue weighted by Gasteiger charge is -2.28. The Hall–Kier alpha value is -3.69. The Bertz CT molecular complexity index is 1320. The third-order valence-corrected chi connectivity index (χ3v) is 8.54. The van der Waals surface area contributed by atoms with E-state index in [1.807, 2.05) is 36.4 Å². The highest BCUT2D eigenvalue weighted by Gasteiger charge is 2.32. The van der Waals surface area contributed by atoms with E-state index in [2.05, 4.69) is 52.9 Å². The molecule has 5 nitrogen and oxygen atoms in total. The van der Waals surface area contributed by atoms with Crippen LogP contribution in [0.3, 0.4) is 0 Å². The van der Waals surface area contributed by atoms with E-state index in [-0.39, 0.29) is 0 Å². The van der Waals surface area contributed by atoms with Gasteiger partial charge in [-0.2, -0.15) is 0 Å². The number of fused-ring (bicyclic) bond motifs is 3. The van der Waals surface area contributed by atoms with Crippen LogP contribution in [0.2, 0.25) is 0 Å². The Kier molecular flexibility index (Phi) is 6.04. The third kappa shape index (κ3) is 3.44. The summed E-state index contributed by atoms with van der Waals surface area (Å²) in [4.78, 5) is 0. The van der Waals surface area contributed by atoms with Crippen molar-refractivity contribution in [3.05, 3.63) is 84.9 Å². The quantitative estimate of drug-likeness (QED) is 0.285. The van der Waals surface area contributed by atoms with Crippen LogP contribution >= 0.6 is 8.07 Å². The van der Waals surface area contributed by atoms with Gasteiger partial charge in [-0.25, -0.2) is 0 Å². The largest absolute Gasteiger partial charge is 0.496 e. The zero-order valence-electron chi connectivity index (χ0n) is 19.6. The van der Waals surface area contributed by atoms with Gasteiger partial charge < -0.3 is 23.3 Å². The van der Waals surface area contributed by atoms with E-state index in [1.165, 1.54) is 10.8 Å². The minimum Gasteiger partial charge on any atom is -0.496 e. The molecule has 6 heteroatoms. The van der Waals surface area contributed by atoms with Crippen LogP contribution in [0.15, 0.2) is 84.9 Å². The van der Waals surface area contributed by atoms with Crippen molar-refractivity contribution in [2.45, 2.75) is 0 Å². The summed E-state index contributed by atoms with van der Waals surface area (Å²) in [5.74, 6) is 3.00. The van der Waals surface area contributed by atoms with Crippen LogP contribution in [0.1, 0.15) is 0 Å². The van der Waals surface area contributed by atoms with Gasteiger partial charge in [-0.3, -0.25) is 0 Å². The SMILES string of the molecule is COc1cccc(OC)c1P(c1c(OC)cccc1OC)n1c2ccccc2c2ccccc21. The molecule has 0 saturated heterocycles. The molecule has 0 fully saturated rings. The van der Waals surface area contributed by atoms with E-state index in [1.54, 1.807) is 28.4 Å². The first-order chi connectivity index (χ1) is 16.7. The van der Waals surface area contributed by atoms with E-state index in [0.29, 0.717) is 0 Å². The highest BCUT2D eigenvalue weighted by atomic mass is 31.1. The molecule has 4 aromatic carbocycles. The topological polar surface area (TPSA) is 41.9 Å². The molecule has 0 bridgehead atoms. The van der Waals surface area contributed by atoms with Gasteiger partial charge in [0, 0.05) is 10.8 Å². The molecule has 0 atom stereocenters. The van der Waals surface area contributed by atoms with Crippen LogP contribution in [-0.4, -0.2) is 32.8 Å². The van der Waals surface area contributed by atoms with Crippen molar-refractivity contribution in [2.75, 3.05) is 28.4 Å². The highest BCUT2D eigenvalue weighted by Crippen LogP contribution is 2.51. The summed E-state index contributed by atoms with van der Waals surface area (Å²) in [6.07, 6.45) is 0. The average molecular weight is 471 g/mol. The Balaban J connectivity index is 2.00. The van der Waals surface area contributed by atoms with E-state index >= 15 is 0 Å². The van der Waals surface area contributed by atoms with Crippen LogP contribution in [0.5, 0.6) is 23.0 Å². The third-order valence-electron chi connectivity index (χ3n) is 5.98. The fourth-order valence-corrected chi connectivity index (χ4v) is 7.41. The number of benzene rings is 4. The van der Waals surface area contributed by atoms with Crippen molar-refractivity contribution in [1.82, 2.24) is 4.34 Å². The summed E-state index contributed by atoms with van der Waals surface area (Å²) in [5.41, 5.74) is 2.24. The molecule has 0 spiro atoms. The molecule has 0 N–H and O–H groups in total. The molecule has 1 aromatic heterocycles. The zero-order valence-corrected chi connectivity index (χ0v) is 20.5. The average Bonchev–Trinajstić information content (AvgIpc) is 3.23. The zero-order chi connectivity index (χ0) is 23.7. The molecule has 34 heavy (non-hydrogen) atoms. The van der Waals surface area contributed by atoms with Crippen molar-refractivity contribution in [1.29, 1.82) is 0 Å². The van der Waals surface area contributed by atoms with Crippen molar-refractivity contribution in [3.63, 3.8) is 0 Å². The summed E-state index contributed by atoms with van der Waals surface area (Å²) in [7, 11) is 5.47. The molecular formula is C28H26NO4P. The molecule has 0 saturated carbocycles. The fraction of sp³-hybridized carbons (Fsp3) is 0.143. The van der Waals surface area contributed by atoms with Gasteiger partial charge in [0.25, 0.3) is 0 Å². The van der Waals surface area contributed by atoms with Crippen molar-refractivity contribution >= 4 is 40.5 Å². The molecule has 0 radical (unpaired) electrons. The Morgan fingerprint density at radius 2 is 0.824 bits per heavy atom. The number of rotatable bonds is 7. The van der Waals surface area contributed by atoms with Crippen LogP contribution in [-0.2, 0) is 0 Å². The van der Waals surface area contributed by atoms with Gasteiger partial charge in [-0.1, -0.05) is 48.5 Å². The number of aromatic nitrogens is 1. The number of para-hydroxylation sites is 2. The first-order valence-corrected chi connectivity index (χ1v) is 12.2. The Labute approximate surface area is 200 Å². The summed E-state index contributed by atoms with van der Waals surface area (Å²) >= 11 is 0. The maximum atomic E-state index is 5.90. The van der Waals surface area contributed by atoms with Crippen molar-refractivity contribution in [3.8, 4) is 23.0 Å². The predicted octanol–water partition coefficient (Wildman–Crippen LogP) is 5.72. The second kappa shape index (κ2) is 9.28. The highest BCUT2D eigenvalue weighted by molar-refractivity contribution is 7.72. The minimum absolute atomic E-state index is 0.750. The number of methoxy groups -OCH3 is 4. The van der Waals surface area contributed by atoms with Gasteiger partial charge in [0.2, 0.25) is 0 Å². The van der Waals surface area contributed by atoms with Crippen LogP contribution in [0, 0.1) is 0 Å². The second-order valence-corrected chi connectivity index (χ2v) is 9.60. The molecule has 0 unspecified atom stereocenters. The molecule has 0 aliphatic rings. The van der Waals surface area contributed by atoms with Crippen molar-refractivity contribution in [2.24, 2.45) is 0 Å². The molecule has 0 amide bonds. The van der Waals surface area contributed by atoms with Crippen LogP contribution < -0.4 is 29.6 Å². The van der Waals surface area contributed by atoms with E-state index in [0.717, 1.165) is 44.6 Å². The lowest BCUT2D eigenvalue weighted by molar-refractivity contribution is 0.399. The van der Waals surface area contributed by atoms with Gasteiger partial charge in [-0.05, 0) is 36.4 Å². The molecule has 5 aromatic rings. The molecular weight excluding hydrogens is 445 g/mol. The maximum Gasteiger partial charge on any atom is 0.132 e. The molecule has 1 heterocycles. The summed E-state index contributed by atoms with van der Waals surface area (Å²) in [6.45, 7) is 0. The normalized spacial score (nSPS) is 11.2. The van der Waals surface area contributed by atoms with Gasteiger partial charge in [0.05, 0.1) is 58.2 Å². The summed E-state index contributed by atoms with van der Waals surface area (Å²) in [5, 5.41) is 4.29. The van der Waals surface area contributed by atoms with Gasteiger partial charge >= 0.3 is 0 Å². The smallest absolute Gasteiger partial charge is 0.132 e. The molecule has 0 aliphatic carbocycles. The lowest BCUT2D eigenvalue weighted by atomic mass is 10.2. The number of nitrogens with zero attached hydrogens (tertiary/aromatic N) is 1. The van der Waals surface area contributed by atoms with Gasteiger partial charge in [0.15, 0.2) is 0 Å². The predicted molar refractivity (Wildman–Crippen MR) is 140 cm³/mol. The van der Waals surface area contributed by atoms with E-state index in [9.17, 15) is 0 Å². The minimum atomic E-state index is -1.30. The van der Waals surface area contributed by atoms with Gasteiger partial charge in [0.1, 0.15) is 23.0 Å². The number of ether oxygens (including phenoxy) is 4. The van der Waals surface area contributed by atoms with E-state index < -0.39 is 8.07 Å². The van der Waals surface area contributed by atoms with Gasteiger partial charge in [-0.15, -0.1) is 0 Å². The second-order valence-electron chi connectivity index (χ2n) is 7.68. The van der Waals surface area contributed by atoms with Crippen LogP contribution in [0.25, 0.3) is 21.8 Å². The molecule has 172 valence electrons. The molecule has 5 rings (SSSR count). The van der Waals surface area contributed by atoms with Crippen LogP contribution in [0.4, 0.5) is 0 Å². The first-order valence-electron chi connectivity index (χ1n) is 10.9. The maximum absolute atomic E-state index is 5.90. The fourth-order valence-electron chi connectivity index (χ4n) is 4.51. The Morgan fingerprint density at radius 1 is 0.471 bits per heavy atom.